The smallest absolute Gasteiger partial charge is 0.243 e. The lowest BCUT2D eigenvalue weighted by Gasteiger charge is -2.21. The normalized spacial score (nSPS) is 16.3. The number of carbonyl (C=O) groups is 1. The van der Waals surface area contributed by atoms with E-state index in [-0.39, 0.29) is 30.5 Å². The lowest BCUT2D eigenvalue weighted by atomic mass is 9.99. The Kier molecular flexibility index (Phi) is 8.30. The summed E-state index contributed by atoms with van der Waals surface area (Å²) >= 11 is 0. The largest absolute Gasteiger partial charge is 0.347 e. The minimum absolute atomic E-state index is 0. The highest BCUT2D eigenvalue weighted by molar-refractivity contribution is 14.0. The van der Waals surface area contributed by atoms with Crippen molar-refractivity contribution in [3.63, 3.8) is 0 Å². The maximum Gasteiger partial charge on any atom is 0.243 e. The van der Waals surface area contributed by atoms with Gasteiger partial charge in [-0.1, -0.05) is 30.3 Å². The minimum Gasteiger partial charge on any atom is -0.347 e. The summed E-state index contributed by atoms with van der Waals surface area (Å²) in [5, 5.41) is 5.15. The number of aliphatic imine (C=N–C) groups is 1. The fourth-order valence-corrected chi connectivity index (χ4v) is 3.26. The lowest BCUT2D eigenvalue weighted by molar-refractivity contribution is -0.115. The quantitative estimate of drug-likeness (QED) is 0.281. The minimum atomic E-state index is -1.62. The number of halogens is 4. The predicted octanol–water partition coefficient (Wildman–Crippen LogP) is 3.73. The Morgan fingerprint density at radius 1 is 1.14 bits per heavy atom. The van der Waals surface area contributed by atoms with Crippen molar-refractivity contribution in [3.8, 4) is 0 Å². The molecule has 1 aliphatic rings. The average Bonchev–Trinajstić information content (AvgIpc) is 3.20. The molecule has 5 nitrogen and oxygen atoms in total. The first-order valence-electron chi connectivity index (χ1n) is 8.93. The van der Waals surface area contributed by atoms with E-state index in [1.807, 2.05) is 23.1 Å². The van der Waals surface area contributed by atoms with E-state index in [9.17, 15) is 18.0 Å². The van der Waals surface area contributed by atoms with Crippen molar-refractivity contribution in [2.24, 2.45) is 4.99 Å². The summed E-state index contributed by atoms with van der Waals surface area (Å²) in [7, 11) is 1.62. The molecule has 1 aliphatic heterocycles. The third-order valence-corrected chi connectivity index (χ3v) is 4.69. The summed E-state index contributed by atoms with van der Waals surface area (Å²) < 4.78 is 39.9. The Morgan fingerprint density at radius 3 is 2.55 bits per heavy atom. The van der Waals surface area contributed by atoms with Gasteiger partial charge in [0.05, 0.1) is 12.2 Å². The molecule has 1 fully saturated rings. The number of nitrogens with one attached hydrogen (secondary N) is 2. The van der Waals surface area contributed by atoms with Crippen LogP contribution in [0.1, 0.15) is 17.9 Å². The number of likely N-dealkylation sites (tertiary alicyclic amines) is 1. The first-order valence-corrected chi connectivity index (χ1v) is 8.93. The van der Waals surface area contributed by atoms with Gasteiger partial charge in [-0.25, -0.2) is 13.2 Å². The van der Waals surface area contributed by atoms with Crippen molar-refractivity contribution >= 4 is 41.5 Å². The van der Waals surface area contributed by atoms with E-state index >= 15 is 0 Å². The number of benzene rings is 2. The summed E-state index contributed by atoms with van der Waals surface area (Å²) in [6.45, 7) is 1.37. The van der Waals surface area contributed by atoms with Gasteiger partial charge in [-0.2, -0.15) is 0 Å². The van der Waals surface area contributed by atoms with Gasteiger partial charge in [0.15, 0.2) is 23.4 Å². The van der Waals surface area contributed by atoms with E-state index in [4.69, 9.17) is 0 Å². The molecule has 2 aromatic carbocycles. The molecule has 0 aromatic heterocycles. The van der Waals surface area contributed by atoms with Crippen LogP contribution in [0.3, 0.4) is 0 Å². The van der Waals surface area contributed by atoms with E-state index in [2.05, 4.69) is 27.8 Å². The highest BCUT2D eigenvalue weighted by atomic mass is 127. The SMILES string of the molecule is CN=C(NCC(=O)Nc1ccc(F)c(F)c1F)N1CCC(c2ccccc2)C1.I. The van der Waals surface area contributed by atoms with Gasteiger partial charge in [0.1, 0.15) is 0 Å². The molecule has 3 rings (SSSR count). The van der Waals surface area contributed by atoms with Crippen LogP contribution >= 0.6 is 24.0 Å². The fraction of sp³-hybridized carbons (Fsp3) is 0.300. The van der Waals surface area contributed by atoms with Gasteiger partial charge in [0.25, 0.3) is 0 Å². The fourth-order valence-electron chi connectivity index (χ4n) is 3.26. The molecule has 156 valence electrons. The van der Waals surface area contributed by atoms with Gasteiger partial charge in [-0.15, -0.1) is 24.0 Å². The molecule has 0 saturated carbocycles. The molecule has 1 unspecified atom stereocenters. The van der Waals surface area contributed by atoms with Gasteiger partial charge >= 0.3 is 0 Å². The molecule has 0 spiro atoms. The van der Waals surface area contributed by atoms with Crippen LogP contribution in [0.2, 0.25) is 0 Å². The molecule has 0 aliphatic carbocycles. The number of carbonyl (C=O) groups excluding carboxylic acids is 1. The van der Waals surface area contributed by atoms with Gasteiger partial charge in [0, 0.05) is 26.1 Å². The second-order valence-corrected chi connectivity index (χ2v) is 6.51. The van der Waals surface area contributed by atoms with E-state index in [0.29, 0.717) is 11.9 Å². The first kappa shape index (κ1) is 23.0. The van der Waals surface area contributed by atoms with Crippen molar-refractivity contribution in [2.75, 3.05) is 32.0 Å². The molecule has 0 bridgehead atoms. The molecule has 1 amide bonds. The Labute approximate surface area is 184 Å². The zero-order valence-electron chi connectivity index (χ0n) is 15.8. The summed E-state index contributed by atoms with van der Waals surface area (Å²) in [4.78, 5) is 18.3. The van der Waals surface area contributed by atoms with E-state index in [1.54, 1.807) is 7.05 Å². The lowest BCUT2D eigenvalue weighted by Crippen LogP contribution is -2.43. The van der Waals surface area contributed by atoms with Crippen molar-refractivity contribution < 1.29 is 18.0 Å². The van der Waals surface area contributed by atoms with Gasteiger partial charge in [-0.05, 0) is 24.1 Å². The predicted molar refractivity (Wildman–Crippen MR) is 117 cm³/mol. The summed E-state index contributed by atoms with van der Waals surface area (Å²) in [6, 6.07) is 11.9. The van der Waals surface area contributed by atoms with Gasteiger partial charge < -0.3 is 15.5 Å². The van der Waals surface area contributed by atoms with Crippen LogP contribution in [0.4, 0.5) is 18.9 Å². The van der Waals surface area contributed by atoms with Gasteiger partial charge in [-0.3, -0.25) is 9.79 Å². The number of hydrogen-bond acceptors (Lipinski definition) is 2. The van der Waals surface area contributed by atoms with Crippen LogP contribution < -0.4 is 10.6 Å². The first-order chi connectivity index (χ1) is 13.5. The van der Waals surface area contributed by atoms with E-state index < -0.39 is 29.0 Å². The van der Waals surface area contributed by atoms with Crippen molar-refractivity contribution in [3.05, 3.63) is 65.5 Å². The third kappa shape index (κ3) is 5.62. The number of amides is 1. The van der Waals surface area contributed by atoms with Crippen LogP contribution in [0.25, 0.3) is 0 Å². The number of rotatable bonds is 4. The van der Waals surface area contributed by atoms with Crippen LogP contribution in [0.5, 0.6) is 0 Å². The zero-order chi connectivity index (χ0) is 20.1. The van der Waals surface area contributed by atoms with Crippen LogP contribution in [-0.4, -0.2) is 43.4 Å². The maximum atomic E-state index is 13.7. The molecule has 1 heterocycles. The van der Waals surface area contributed by atoms with Crippen molar-refractivity contribution in [1.82, 2.24) is 10.2 Å². The summed E-state index contributed by atoms with van der Waals surface area (Å²) in [5.74, 6) is -4.02. The van der Waals surface area contributed by atoms with Crippen LogP contribution in [-0.2, 0) is 4.79 Å². The zero-order valence-corrected chi connectivity index (χ0v) is 18.1. The van der Waals surface area contributed by atoms with Crippen LogP contribution in [0.15, 0.2) is 47.5 Å². The molecule has 1 atom stereocenters. The van der Waals surface area contributed by atoms with Crippen molar-refractivity contribution in [1.29, 1.82) is 0 Å². The maximum absolute atomic E-state index is 13.7. The van der Waals surface area contributed by atoms with Gasteiger partial charge in [0.2, 0.25) is 5.91 Å². The number of anilines is 1. The second-order valence-electron chi connectivity index (χ2n) is 6.51. The van der Waals surface area contributed by atoms with Crippen LogP contribution in [0, 0.1) is 17.5 Å². The summed E-state index contributed by atoms with van der Waals surface area (Å²) in [6.07, 6.45) is 0.969. The van der Waals surface area contributed by atoms with E-state index in [0.717, 1.165) is 31.6 Å². The number of hydrogen-bond donors (Lipinski definition) is 2. The molecule has 0 radical (unpaired) electrons. The molecular formula is C20H22F3IN4O. The third-order valence-electron chi connectivity index (χ3n) is 4.69. The average molecular weight is 518 g/mol. The summed E-state index contributed by atoms with van der Waals surface area (Å²) in [5.41, 5.74) is 0.845. The highest BCUT2D eigenvalue weighted by Crippen LogP contribution is 2.26. The number of guanidine groups is 1. The van der Waals surface area contributed by atoms with E-state index in [1.165, 1.54) is 5.56 Å². The molecule has 29 heavy (non-hydrogen) atoms. The second kappa shape index (κ2) is 10.5. The Morgan fingerprint density at radius 2 is 1.86 bits per heavy atom. The standard InChI is InChI=1S/C20H21F3N4O.HI/c1-24-20(27-10-9-14(12-27)13-5-3-2-4-6-13)25-11-17(28)26-16-8-7-15(21)18(22)19(16)23;/h2-8,14H,9-12H2,1H3,(H,24,25)(H,26,28);1H. The molecular weight excluding hydrogens is 496 g/mol. The number of nitrogens with zero attached hydrogens (tertiary/aromatic N) is 2. The van der Waals surface area contributed by atoms with Crippen molar-refractivity contribution in [2.45, 2.75) is 12.3 Å². The topological polar surface area (TPSA) is 56.7 Å². The molecule has 9 heteroatoms. The highest BCUT2D eigenvalue weighted by Gasteiger charge is 2.26. The monoisotopic (exact) mass is 518 g/mol. The Bertz CT molecular complexity index is 880. The Hall–Kier alpha value is -2.30. The molecule has 2 aromatic rings. The molecule has 2 N–H and O–H groups in total. The Balaban J connectivity index is 0.00000300. The molecule has 1 saturated heterocycles.